The molecule has 9 heteroatoms. The van der Waals surface area contributed by atoms with Crippen LogP contribution in [0.1, 0.15) is 37.8 Å². The molecule has 0 atom stereocenters. The zero-order valence-corrected chi connectivity index (χ0v) is 20.7. The van der Waals surface area contributed by atoms with Gasteiger partial charge in [0.1, 0.15) is 5.82 Å². The fourth-order valence-corrected chi connectivity index (χ4v) is 4.43. The van der Waals surface area contributed by atoms with Crippen molar-refractivity contribution >= 4 is 17.6 Å². The lowest BCUT2D eigenvalue weighted by Crippen LogP contribution is -2.20. The normalized spacial score (nSPS) is 14.0. The standard InChI is InChI=1S/C27H28N6O3/c1-16(2)36-24-15-28-14-23(31-24)32-25-20(13-30-33(25)4)22-8-6-19(12-29-22)18-5-7-21(17(3)11-18)27(9-10-27)26(34)35/h5-8,11-16H,9-10H2,1-4H3,(H,31,32)(H,34,35). The van der Waals surface area contributed by atoms with Crippen molar-refractivity contribution in [3.8, 4) is 28.3 Å². The summed E-state index contributed by atoms with van der Waals surface area (Å²) in [5, 5.41) is 17.3. The van der Waals surface area contributed by atoms with Crippen molar-refractivity contribution < 1.29 is 14.6 Å². The van der Waals surface area contributed by atoms with Gasteiger partial charge in [-0.15, -0.1) is 0 Å². The average Bonchev–Trinajstić information content (AvgIpc) is 3.58. The van der Waals surface area contributed by atoms with Crippen LogP contribution < -0.4 is 10.1 Å². The maximum Gasteiger partial charge on any atom is 0.314 e. The van der Waals surface area contributed by atoms with Crippen LogP contribution in [0.3, 0.4) is 0 Å². The van der Waals surface area contributed by atoms with Crippen molar-refractivity contribution in [2.45, 2.75) is 45.1 Å². The van der Waals surface area contributed by atoms with Crippen LogP contribution >= 0.6 is 0 Å². The van der Waals surface area contributed by atoms with E-state index in [0.29, 0.717) is 24.5 Å². The molecule has 3 heterocycles. The first kappa shape index (κ1) is 23.5. The Balaban J connectivity index is 1.39. The van der Waals surface area contributed by atoms with Crippen LogP contribution in [0.15, 0.2) is 55.1 Å². The summed E-state index contributed by atoms with van der Waals surface area (Å²) in [7, 11) is 1.84. The summed E-state index contributed by atoms with van der Waals surface area (Å²) >= 11 is 0. The Morgan fingerprint density at radius 3 is 2.53 bits per heavy atom. The molecule has 1 fully saturated rings. The number of anilines is 2. The van der Waals surface area contributed by atoms with Crippen LogP contribution in [0.5, 0.6) is 5.88 Å². The quantitative estimate of drug-likeness (QED) is 0.363. The molecule has 0 radical (unpaired) electrons. The summed E-state index contributed by atoms with van der Waals surface area (Å²) in [5.74, 6) is 0.976. The lowest BCUT2D eigenvalue weighted by Gasteiger charge is -2.15. The summed E-state index contributed by atoms with van der Waals surface area (Å²) < 4.78 is 7.37. The zero-order chi connectivity index (χ0) is 25.4. The molecule has 184 valence electrons. The molecule has 4 aromatic rings. The van der Waals surface area contributed by atoms with E-state index in [-0.39, 0.29) is 6.10 Å². The van der Waals surface area contributed by atoms with Gasteiger partial charge in [0, 0.05) is 18.8 Å². The van der Waals surface area contributed by atoms with Gasteiger partial charge in [0.05, 0.1) is 41.4 Å². The fourth-order valence-electron chi connectivity index (χ4n) is 4.43. The van der Waals surface area contributed by atoms with Crippen LogP contribution in [-0.2, 0) is 17.3 Å². The molecule has 9 nitrogen and oxygen atoms in total. The molecule has 2 N–H and O–H groups in total. The van der Waals surface area contributed by atoms with Gasteiger partial charge in [-0.25, -0.2) is 0 Å². The van der Waals surface area contributed by atoms with Crippen molar-refractivity contribution in [1.82, 2.24) is 24.7 Å². The maximum atomic E-state index is 11.7. The third-order valence-corrected chi connectivity index (χ3v) is 6.43. The minimum atomic E-state index is -0.740. The van der Waals surface area contributed by atoms with Gasteiger partial charge < -0.3 is 15.2 Å². The number of carbonyl (C=O) groups is 1. The number of nitrogens with zero attached hydrogens (tertiary/aromatic N) is 5. The van der Waals surface area contributed by atoms with E-state index in [1.54, 1.807) is 23.3 Å². The van der Waals surface area contributed by atoms with Crippen molar-refractivity contribution in [1.29, 1.82) is 0 Å². The highest BCUT2D eigenvalue weighted by Gasteiger charge is 2.52. The number of hydrogen-bond donors (Lipinski definition) is 2. The van der Waals surface area contributed by atoms with Gasteiger partial charge in [-0.05, 0) is 56.4 Å². The van der Waals surface area contributed by atoms with Crippen LogP contribution in [0, 0.1) is 6.92 Å². The predicted octanol–water partition coefficient (Wildman–Crippen LogP) is 4.89. The molecule has 0 aliphatic heterocycles. The maximum absolute atomic E-state index is 11.7. The second-order valence-electron chi connectivity index (χ2n) is 9.41. The molecule has 0 saturated heterocycles. The van der Waals surface area contributed by atoms with Crippen LogP contribution in [0.25, 0.3) is 22.4 Å². The van der Waals surface area contributed by atoms with E-state index in [1.807, 2.05) is 64.3 Å². The molecular formula is C27H28N6O3. The second kappa shape index (κ2) is 9.07. The SMILES string of the molecule is Cc1cc(-c2ccc(-c3cnn(C)c3Nc3cncc(OC(C)C)n3)nc2)ccc1C1(C(=O)O)CC1. The van der Waals surface area contributed by atoms with Crippen molar-refractivity contribution in [3.63, 3.8) is 0 Å². The number of benzene rings is 1. The summed E-state index contributed by atoms with van der Waals surface area (Å²) in [6.07, 6.45) is 8.17. The van der Waals surface area contributed by atoms with E-state index in [1.165, 1.54) is 0 Å². The first-order valence-electron chi connectivity index (χ1n) is 11.9. The lowest BCUT2D eigenvalue weighted by molar-refractivity contribution is -0.140. The summed E-state index contributed by atoms with van der Waals surface area (Å²) in [5.41, 5.74) is 4.71. The van der Waals surface area contributed by atoms with E-state index in [9.17, 15) is 9.90 Å². The molecule has 1 aromatic carbocycles. The number of hydrogen-bond acceptors (Lipinski definition) is 7. The highest BCUT2D eigenvalue weighted by atomic mass is 16.5. The Morgan fingerprint density at radius 2 is 1.89 bits per heavy atom. The molecule has 3 aromatic heterocycles. The van der Waals surface area contributed by atoms with E-state index < -0.39 is 11.4 Å². The predicted molar refractivity (Wildman–Crippen MR) is 136 cm³/mol. The van der Waals surface area contributed by atoms with Gasteiger partial charge in [0.2, 0.25) is 5.88 Å². The number of nitrogens with one attached hydrogen (secondary N) is 1. The molecule has 0 amide bonds. The Hall–Kier alpha value is -4.27. The number of carboxylic acid groups (broad SMARTS) is 1. The Labute approximate surface area is 209 Å². The van der Waals surface area contributed by atoms with Crippen molar-refractivity contribution in [2.24, 2.45) is 7.05 Å². The molecule has 0 bridgehead atoms. The number of aromatic nitrogens is 5. The Kier molecular flexibility index (Phi) is 5.91. The summed E-state index contributed by atoms with van der Waals surface area (Å²) in [6, 6.07) is 9.92. The van der Waals surface area contributed by atoms with Crippen LogP contribution in [0.2, 0.25) is 0 Å². The highest BCUT2D eigenvalue weighted by Crippen LogP contribution is 2.50. The van der Waals surface area contributed by atoms with Crippen LogP contribution in [-0.4, -0.2) is 41.9 Å². The number of carboxylic acids is 1. The lowest BCUT2D eigenvalue weighted by atomic mass is 9.90. The second-order valence-corrected chi connectivity index (χ2v) is 9.41. The largest absolute Gasteiger partial charge is 0.481 e. The molecule has 5 rings (SSSR count). The van der Waals surface area contributed by atoms with Gasteiger partial charge in [0.15, 0.2) is 5.82 Å². The van der Waals surface area contributed by atoms with E-state index >= 15 is 0 Å². The first-order valence-corrected chi connectivity index (χ1v) is 11.9. The smallest absolute Gasteiger partial charge is 0.314 e. The number of pyridine rings is 1. The average molecular weight is 485 g/mol. The molecular weight excluding hydrogens is 456 g/mol. The third kappa shape index (κ3) is 4.39. The number of aryl methyl sites for hydroxylation is 2. The highest BCUT2D eigenvalue weighted by molar-refractivity contribution is 5.86. The number of aliphatic carboxylic acids is 1. The number of ether oxygens (including phenoxy) is 1. The van der Waals surface area contributed by atoms with Crippen molar-refractivity contribution in [2.75, 3.05) is 5.32 Å². The summed E-state index contributed by atoms with van der Waals surface area (Å²) in [4.78, 5) is 25.1. The third-order valence-electron chi connectivity index (χ3n) is 6.43. The molecule has 36 heavy (non-hydrogen) atoms. The molecule has 0 spiro atoms. The summed E-state index contributed by atoms with van der Waals surface area (Å²) in [6.45, 7) is 5.85. The number of rotatable bonds is 8. The topological polar surface area (TPSA) is 115 Å². The monoisotopic (exact) mass is 484 g/mol. The Bertz CT molecular complexity index is 1420. The van der Waals surface area contributed by atoms with Gasteiger partial charge in [-0.2, -0.15) is 10.1 Å². The van der Waals surface area contributed by atoms with Gasteiger partial charge in [-0.1, -0.05) is 24.3 Å². The Morgan fingerprint density at radius 1 is 1.11 bits per heavy atom. The molecule has 0 unspecified atom stereocenters. The minimum Gasteiger partial charge on any atom is -0.481 e. The van der Waals surface area contributed by atoms with Gasteiger partial charge >= 0.3 is 5.97 Å². The van der Waals surface area contributed by atoms with E-state index in [2.05, 4.69) is 20.4 Å². The van der Waals surface area contributed by atoms with Crippen LogP contribution in [0.4, 0.5) is 11.6 Å². The molecule has 1 aliphatic rings. The van der Waals surface area contributed by atoms with E-state index in [4.69, 9.17) is 9.72 Å². The minimum absolute atomic E-state index is 0.00323. The van der Waals surface area contributed by atoms with E-state index in [0.717, 1.165) is 39.3 Å². The first-order chi connectivity index (χ1) is 17.3. The van der Waals surface area contributed by atoms with Crippen molar-refractivity contribution in [3.05, 3.63) is 66.2 Å². The zero-order valence-electron chi connectivity index (χ0n) is 20.7. The van der Waals surface area contributed by atoms with Gasteiger partial charge in [0.25, 0.3) is 0 Å². The molecule has 1 saturated carbocycles. The molecule has 1 aliphatic carbocycles. The van der Waals surface area contributed by atoms with Gasteiger partial charge in [-0.3, -0.25) is 19.4 Å². The fraction of sp³-hybridized carbons (Fsp3) is 0.296.